The van der Waals surface area contributed by atoms with E-state index in [-0.39, 0.29) is 17.9 Å². The molecule has 2 aromatic heterocycles. The summed E-state index contributed by atoms with van der Waals surface area (Å²) < 4.78 is 13.5. The summed E-state index contributed by atoms with van der Waals surface area (Å²) in [5.74, 6) is -0.227. The number of rotatable bonds is 4. The molecule has 10 heteroatoms. The third-order valence-electron chi connectivity index (χ3n) is 7.25. The minimum absolute atomic E-state index is 0.0885. The highest BCUT2D eigenvalue weighted by molar-refractivity contribution is 5.99. The Kier molecular flexibility index (Phi) is 4.98. The maximum atomic E-state index is 13.6. The zero-order chi connectivity index (χ0) is 23.4. The number of carbonyl (C=O) groups is 2. The molecule has 34 heavy (non-hydrogen) atoms. The molecule has 0 atom stereocenters. The van der Waals surface area contributed by atoms with Gasteiger partial charge < -0.3 is 30.0 Å². The first-order valence-corrected chi connectivity index (χ1v) is 11.6. The van der Waals surface area contributed by atoms with Crippen LogP contribution in [0.15, 0.2) is 36.5 Å². The summed E-state index contributed by atoms with van der Waals surface area (Å²) in [5, 5.41) is 5.42. The summed E-state index contributed by atoms with van der Waals surface area (Å²) in [6, 6.07) is 9.54. The Hall–Kier alpha value is -3.21. The quantitative estimate of drug-likeness (QED) is 0.601. The van der Waals surface area contributed by atoms with E-state index < -0.39 is 11.8 Å². The first kappa shape index (κ1) is 21.3. The van der Waals surface area contributed by atoms with Crippen LogP contribution in [-0.2, 0) is 22.6 Å². The molecule has 4 heterocycles. The fourth-order valence-corrected chi connectivity index (χ4v) is 5.03. The number of carbonyl (C=O) groups excluding carboxylic acids is 2. The molecule has 3 aromatic rings. The summed E-state index contributed by atoms with van der Waals surface area (Å²) in [4.78, 5) is 33.5. The number of likely N-dealkylation sites (N-methyl/N-ethyl adjacent to an activating group) is 1. The van der Waals surface area contributed by atoms with Gasteiger partial charge in [0.15, 0.2) is 6.29 Å². The number of para-hydroxylation sites is 1. The number of hydrogen-bond acceptors (Lipinski definition) is 6. The second-order valence-corrected chi connectivity index (χ2v) is 9.45. The van der Waals surface area contributed by atoms with Crippen molar-refractivity contribution in [2.24, 2.45) is 5.73 Å². The Balaban J connectivity index is 1.21. The van der Waals surface area contributed by atoms with Crippen LogP contribution < -0.4 is 5.73 Å². The monoisotopic (exact) mass is 464 g/mol. The molecule has 178 valence electrons. The minimum Gasteiger partial charge on any atom is -0.351 e. The number of fused-ring (bicyclic) bond motifs is 2. The van der Waals surface area contributed by atoms with E-state index in [0.29, 0.717) is 44.1 Å². The molecular weight excluding hydrogens is 436 g/mol. The highest BCUT2D eigenvalue weighted by Crippen LogP contribution is 2.47. The van der Waals surface area contributed by atoms with Crippen LogP contribution in [0, 0.1) is 0 Å². The third kappa shape index (κ3) is 3.41. The van der Waals surface area contributed by atoms with Crippen molar-refractivity contribution in [3.05, 3.63) is 53.5 Å². The van der Waals surface area contributed by atoms with Crippen LogP contribution in [-0.4, -0.2) is 81.1 Å². The summed E-state index contributed by atoms with van der Waals surface area (Å²) in [6.45, 7) is 2.22. The first-order valence-electron chi connectivity index (χ1n) is 11.6. The van der Waals surface area contributed by atoms with Crippen molar-refractivity contribution in [3.8, 4) is 0 Å². The highest BCUT2D eigenvalue weighted by atomic mass is 16.7. The van der Waals surface area contributed by atoms with Gasteiger partial charge in [0, 0.05) is 24.5 Å². The number of nitrogens with zero attached hydrogens (tertiary/aromatic N) is 4. The number of aromatic nitrogens is 3. The Morgan fingerprint density at radius 2 is 1.97 bits per heavy atom. The topological polar surface area (TPSA) is 119 Å². The zero-order valence-electron chi connectivity index (χ0n) is 19.1. The van der Waals surface area contributed by atoms with Gasteiger partial charge in [-0.05, 0) is 25.0 Å². The lowest BCUT2D eigenvalue weighted by molar-refractivity contribution is -0.216. The fraction of sp³-hybridized carbons (Fsp3) is 0.458. The van der Waals surface area contributed by atoms with Crippen LogP contribution >= 0.6 is 0 Å². The molecule has 2 fully saturated rings. The largest absolute Gasteiger partial charge is 0.351 e. The second-order valence-electron chi connectivity index (χ2n) is 9.45. The zero-order valence-corrected chi connectivity index (χ0v) is 19.1. The normalized spacial score (nSPS) is 23.5. The standard InChI is InChI=1S/C24H28N6O4/c1-28(24(6-7-24)23-33-13-16(25)14-34-23)21(31)17-11-26-30-9-8-29(12-20(17)30)22(32)19-10-15-4-2-3-5-18(15)27-19/h2-5,10-11,16,23,27H,6-9,12-14,25H2,1H3/t16-,23-. The number of benzene rings is 1. The molecular formula is C24H28N6O4. The van der Waals surface area contributed by atoms with E-state index in [9.17, 15) is 9.59 Å². The van der Waals surface area contributed by atoms with Crippen molar-refractivity contribution in [1.82, 2.24) is 24.6 Å². The van der Waals surface area contributed by atoms with Crippen LogP contribution in [0.5, 0.6) is 0 Å². The number of nitrogens with two attached hydrogens (primary N) is 1. The Morgan fingerprint density at radius 3 is 2.71 bits per heavy atom. The van der Waals surface area contributed by atoms with E-state index in [2.05, 4.69) is 10.1 Å². The molecule has 0 bridgehead atoms. The van der Waals surface area contributed by atoms with Crippen LogP contribution in [0.25, 0.3) is 10.9 Å². The van der Waals surface area contributed by atoms with Crippen molar-refractivity contribution in [3.63, 3.8) is 0 Å². The molecule has 1 aliphatic carbocycles. The van der Waals surface area contributed by atoms with Crippen LogP contribution in [0.2, 0.25) is 0 Å². The van der Waals surface area contributed by atoms with E-state index in [0.717, 1.165) is 29.4 Å². The molecule has 6 rings (SSSR count). The Bertz CT molecular complexity index is 1220. The maximum Gasteiger partial charge on any atom is 0.270 e. The van der Waals surface area contributed by atoms with Crippen molar-refractivity contribution < 1.29 is 19.1 Å². The van der Waals surface area contributed by atoms with Crippen molar-refractivity contribution in [2.75, 3.05) is 26.8 Å². The van der Waals surface area contributed by atoms with Crippen LogP contribution in [0.4, 0.5) is 0 Å². The molecule has 3 N–H and O–H groups in total. The van der Waals surface area contributed by atoms with E-state index >= 15 is 0 Å². The van der Waals surface area contributed by atoms with Gasteiger partial charge in [0.25, 0.3) is 11.8 Å². The van der Waals surface area contributed by atoms with Gasteiger partial charge in [-0.3, -0.25) is 14.3 Å². The van der Waals surface area contributed by atoms with E-state index in [1.54, 1.807) is 23.0 Å². The number of hydrogen-bond donors (Lipinski definition) is 2. The lowest BCUT2D eigenvalue weighted by atomic mass is 10.1. The Morgan fingerprint density at radius 1 is 1.21 bits per heavy atom. The van der Waals surface area contributed by atoms with Gasteiger partial charge in [0.1, 0.15) is 5.69 Å². The van der Waals surface area contributed by atoms with Crippen molar-refractivity contribution in [2.45, 2.75) is 43.8 Å². The van der Waals surface area contributed by atoms with Gasteiger partial charge in [-0.1, -0.05) is 18.2 Å². The minimum atomic E-state index is -0.486. The molecule has 1 aromatic carbocycles. The average Bonchev–Trinajstić information content (AvgIpc) is 3.37. The number of nitrogens with one attached hydrogen (secondary N) is 1. The van der Waals surface area contributed by atoms with Crippen molar-refractivity contribution in [1.29, 1.82) is 0 Å². The highest BCUT2D eigenvalue weighted by Gasteiger charge is 2.57. The maximum absolute atomic E-state index is 13.6. The molecule has 0 spiro atoms. The van der Waals surface area contributed by atoms with Gasteiger partial charge in [0.2, 0.25) is 0 Å². The smallest absolute Gasteiger partial charge is 0.270 e. The van der Waals surface area contributed by atoms with Gasteiger partial charge in [0.05, 0.1) is 55.3 Å². The number of aromatic amines is 1. The average molecular weight is 465 g/mol. The van der Waals surface area contributed by atoms with Gasteiger partial charge in [-0.25, -0.2) is 0 Å². The van der Waals surface area contributed by atoms with E-state index in [1.807, 2.05) is 35.0 Å². The predicted molar refractivity (Wildman–Crippen MR) is 123 cm³/mol. The molecule has 0 radical (unpaired) electrons. The molecule has 2 aliphatic heterocycles. The third-order valence-corrected chi connectivity index (χ3v) is 7.25. The number of H-pyrrole nitrogens is 1. The van der Waals surface area contributed by atoms with Crippen LogP contribution in [0.1, 0.15) is 39.4 Å². The summed E-state index contributed by atoms with van der Waals surface area (Å²) >= 11 is 0. The molecule has 0 unspecified atom stereocenters. The van der Waals surface area contributed by atoms with E-state index in [4.69, 9.17) is 15.2 Å². The molecule has 3 aliphatic rings. The lowest BCUT2D eigenvalue weighted by Gasteiger charge is -2.38. The molecule has 1 saturated carbocycles. The Labute approximate surface area is 196 Å². The molecule has 2 amide bonds. The van der Waals surface area contributed by atoms with Crippen molar-refractivity contribution >= 4 is 22.7 Å². The summed E-state index contributed by atoms with van der Waals surface area (Å²) in [6.07, 6.45) is 2.75. The molecule has 1 saturated heterocycles. The summed E-state index contributed by atoms with van der Waals surface area (Å²) in [7, 11) is 1.79. The van der Waals surface area contributed by atoms with Gasteiger partial charge in [-0.2, -0.15) is 5.10 Å². The predicted octanol–water partition coefficient (Wildman–Crippen LogP) is 1.33. The number of amides is 2. The SMILES string of the molecule is CN(C(=O)c1cnn2c1CN(C(=O)c1cc3ccccc3[nH]1)CC2)C1([C@H]2OC[C@H](N)CO2)CC1. The van der Waals surface area contributed by atoms with E-state index in [1.165, 1.54) is 0 Å². The summed E-state index contributed by atoms with van der Waals surface area (Å²) in [5.41, 5.74) is 8.11. The second kappa shape index (κ2) is 7.93. The lowest BCUT2D eigenvalue weighted by Crippen LogP contribution is -2.54. The first-order chi connectivity index (χ1) is 16.5. The van der Waals surface area contributed by atoms with Gasteiger partial charge >= 0.3 is 0 Å². The van der Waals surface area contributed by atoms with Crippen LogP contribution in [0.3, 0.4) is 0 Å². The van der Waals surface area contributed by atoms with Gasteiger partial charge in [-0.15, -0.1) is 0 Å². The molecule has 10 nitrogen and oxygen atoms in total. The number of ether oxygens (including phenoxy) is 2. The fourth-order valence-electron chi connectivity index (χ4n) is 5.03.